The van der Waals surface area contributed by atoms with Gasteiger partial charge in [0.2, 0.25) is 0 Å². The Labute approximate surface area is 96.0 Å². The fourth-order valence-electron chi connectivity index (χ4n) is 0. The average molecular weight is 151 g/mol. The van der Waals surface area contributed by atoms with Gasteiger partial charge in [-0.15, -0.1) is 0 Å². The molecular weight excluding hydrogens is 148 g/mol. The summed E-state index contributed by atoms with van der Waals surface area (Å²) in [4.78, 5) is 17.9. The molecular formula is C2H3NNa2O4. The van der Waals surface area contributed by atoms with Crippen molar-refractivity contribution < 1.29 is 78.9 Å². The van der Waals surface area contributed by atoms with Crippen LogP contribution in [-0.4, -0.2) is 11.9 Å². The molecule has 42 valence electrons. The van der Waals surface area contributed by atoms with Crippen molar-refractivity contribution in [3.63, 3.8) is 0 Å². The topological polar surface area (TPSA) is 115 Å². The molecule has 5 nitrogen and oxygen atoms in total. The van der Waals surface area contributed by atoms with Crippen molar-refractivity contribution in [2.24, 2.45) is 0 Å². The van der Waals surface area contributed by atoms with E-state index in [0.29, 0.717) is 0 Å². The summed E-state index contributed by atoms with van der Waals surface area (Å²) in [6.45, 7) is 0. The Balaban J connectivity index is -0.0000000417. The Hall–Kier alpha value is 0.900. The number of carbonyl (C=O) groups excluding carboxylic acids is 2. The molecule has 0 amide bonds. The fraction of sp³-hybridized carbons (Fsp3) is 0. The third kappa shape index (κ3) is 17.6. The predicted molar refractivity (Wildman–Crippen MR) is 15.0 cm³/mol. The van der Waals surface area contributed by atoms with Crippen LogP contribution in [0.5, 0.6) is 0 Å². The smallest absolute Gasteiger partial charge is 0.543 e. The van der Waals surface area contributed by atoms with Crippen LogP contribution in [0.2, 0.25) is 0 Å². The van der Waals surface area contributed by atoms with Gasteiger partial charge in [-0.25, -0.2) is 0 Å². The number of carbonyl (C=O) groups is 2. The molecule has 0 saturated heterocycles. The molecule has 7 heteroatoms. The zero-order valence-corrected chi connectivity index (χ0v) is 9.34. The minimum absolute atomic E-state index is 0. The number of aliphatic carboxylic acids is 2. The van der Waals surface area contributed by atoms with E-state index >= 15 is 0 Å². The number of hydrogen-bond donors (Lipinski definition) is 1. The van der Waals surface area contributed by atoms with Crippen LogP contribution in [0.4, 0.5) is 0 Å². The number of rotatable bonds is 0. The molecule has 0 fully saturated rings. The van der Waals surface area contributed by atoms with Gasteiger partial charge in [0.05, 0.1) is 11.9 Å². The molecule has 0 aliphatic carbocycles. The summed E-state index contributed by atoms with van der Waals surface area (Å²) < 4.78 is 0. The van der Waals surface area contributed by atoms with E-state index in [2.05, 4.69) is 0 Å². The van der Waals surface area contributed by atoms with Crippen molar-refractivity contribution in [3.05, 3.63) is 0 Å². The first kappa shape index (κ1) is 22.5. The quantitative estimate of drug-likeness (QED) is 0.272. The van der Waals surface area contributed by atoms with Gasteiger partial charge in [0, 0.05) is 0 Å². The van der Waals surface area contributed by atoms with Gasteiger partial charge < -0.3 is 26.0 Å². The molecule has 0 heterocycles. The predicted octanol–water partition coefficient (Wildman–Crippen LogP) is -9.34. The Morgan fingerprint density at radius 3 is 1.00 bits per heavy atom. The molecule has 0 saturated carbocycles. The van der Waals surface area contributed by atoms with E-state index in [-0.39, 0.29) is 65.3 Å². The van der Waals surface area contributed by atoms with Crippen LogP contribution in [0.3, 0.4) is 0 Å². The molecule has 0 aromatic heterocycles. The van der Waals surface area contributed by atoms with Gasteiger partial charge in [-0.2, -0.15) is 0 Å². The summed E-state index contributed by atoms with van der Waals surface area (Å²) in [7, 11) is 0. The fourth-order valence-corrected chi connectivity index (χ4v) is 0. The Morgan fingerprint density at radius 2 is 1.00 bits per heavy atom. The van der Waals surface area contributed by atoms with Crippen LogP contribution in [-0.2, 0) is 9.59 Å². The van der Waals surface area contributed by atoms with Crippen LogP contribution in [0.15, 0.2) is 0 Å². The minimum atomic E-state index is -2.19. The third-order valence-corrected chi connectivity index (χ3v) is 0.167. The molecule has 0 aromatic rings. The monoisotopic (exact) mass is 151 g/mol. The largest absolute Gasteiger partial charge is 1.00 e. The molecule has 0 atom stereocenters. The maximum Gasteiger partial charge on any atom is 1.00 e. The molecule has 0 aliphatic heterocycles. The number of carboxylic acids is 2. The SMILES string of the molecule is N.O=C([O-])C(=O)[O-].[Na+].[Na+]. The van der Waals surface area contributed by atoms with Gasteiger partial charge in [0.25, 0.3) is 0 Å². The van der Waals surface area contributed by atoms with Gasteiger partial charge >= 0.3 is 59.1 Å². The Morgan fingerprint density at radius 1 is 0.889 bits per heavy atom. The molecule has 0 aliphatic rings. The maximum absolute atomic E-state index is 8.93. The summed E-state index contributed by atoms with van der Waals surface area (Å²) in [6.07, 6.45) is 0. The van der Waals surface area contributed by atoms with Crippen LogP contribution in [0.1, 0.15) is 0 Å². The molecule has 0 bridgehead atoms. The number of hydrogen-bond acceptors (Lipinski definition) is 5. The van der Waals surface area contributed by atoms with Crippen LogP contribution >= 0.6 is 0 Å². The van der Waals surface area contributed by atoms with Crippen molar-refractivity contribution >= 4 is 11.9 Å². The second-order valence-electron chi connectivity index (χ2n) is 0.575. The third-order valence-electron chi connectivity index (χ3n) is 0.167. The van der Waals surface area contributed by atoms with E-state index in [1.165, 1.54) is 0 Å². The molecule has 0 radical (unpaired) electrons. The summed E-state index contributed by atoms with van der Waals surface area (Å²) >= 11 is 0. The molecule has 9 heavy (non-hydrogen) atoms. The van der Waals surface area contributed by atoms with Crippen molar-refractivity contribution in [1.29, 1.82) is 0 Å². The average Bonchev–Trinajstić information content (AvgIpc) is 1.36. The van der Waals surface area contributed by atoms with E-state index < -0.39 is 11.9 Å². The molecule has 0 rings (SSSR count). The van der Waals surface area contributed by atoms with Crippen LogP contribution in [0, 0.1) is 0 Å². The number of carboxylic acid groups (broad SMARTS) is 2. The Kier molecular flexibility index (Phi) is 29.2. The second kappa shape index (κ2) is 11.7. The molecule has 0 unspecified atom stereocenters. The second-order valence-corrected chi connectivity index (χ2v) is 0.575. The standard InChI is InChI=1S/C2H2O4.H3N.2Na/c3-1(4)2(5)6;;;/h(H,3,4)(H,5,6);1H3;;/q;;2*+1/p-2. The van der Waals surface area contributed by atoms with Crippen LogP contribution < -0.4 is 75.5 Å². The normalized spacial score (nSPS) is 4.89. The van der Waals surface area contributed by atoms with E-state index in [0.717, 1.165) is 0 Å². The Bertz CT molecular complexity index is 82.6. The summed E-state index contributed by atoms with van der Waals surface area (Å²) in [6, 6.07) is 0. The van der Waals surface area contributed by atoms with Crippen molar-refractivity contribution in [3.8, 4) is 0 Å². The van der Waals surface area contributed by atoms with Gasteiger partial charge in [-0.1, -0.05) is 0 Å². The van der Waals surface area contributed by atoms with Gasteiger partial charge in [0.15, 0.2) is 0 Å². The minimum Gasteiger partial charge on any atom is -0.543 e. The summed E-state index contributed by atoms with van der Waals surface area (Å²) in [5, 5.41) is 17.9. The van der Waals surface area contributed by atoms with Crippen molar-refractivity contribution in [1.82, 2.24) is 6.15 Å². The van der Waals surface area contributed by atoms with E-state index in [4.69, 9.17) is 19.8 Å². The van der Waals surface area contributed by atoms with Crippen LogP contribution in [0.25, 0.3) is 0 Å². The molecule has 3 N–H and O–H groups in total. The van der Waals surface area contributed by atoms with E-state index in [1.807, 2.05) is 0 Å². The molecule has 0 spiro atoms. The zero-order valence-electron chi connectivity index (χ0n) is 5.34. The summed E-state index contributed by atoms with van der Waals surface area (Å²) in [5.74, 6) is -4.37. The maximum atomic E-state index is 8.93. The van der Waals surface area contributed by atoms with Gasteiger partial charge in [0.1, 0.15) is 0 Å². The molecule has 0 aromatic carbocycles. The zero-order chi connectivity index (χ0) is 5.15. The first-order chi connectivity index (χ1) is 2.64. The first-order valence-electron chi connectivity index (χ1n) is 1.07. The first-order valence-corrected chi connectivity index (χ1v) is 1.07. The van der Waals surface area contributed by atoms with Gasteiger partial charge in [-0.05, 0) is 0 Å². The van der Waals surface area contributed by atoms with E-state index in [1.54, 1.807) is 0 Å². The van der Waals surface area contributed by atoms with Crippen molar-refractivity contribution in [2.75, 3.05) is 0 Å². The summed E-state index contributed by atoms with van der Waals surface area (Å²) in [5.41, 5.74) is 0. The van der Waals surface area contributed by atoms with Gasteiger partial charge in [-0.3, -0.25) is 0 Å². The van der Waals surface area contributed by atoms with Crippen molar-refractivity contribution in [2.45, 2.75) is 0 Å². The van der Waals surface area contributed by atoms with E-state index in [9.17, 15) is 0 Å².